The van der Waals surface area contributed by atoms with E-state index in [2.05, 4.69) is 17.2 Å². The second-order valence-corrected chi connectivity index (χ2v) is 3.94. The fraction of sp³-hybridized carbons (Fsp3) is 0.286. The number of carbonyl (C=O) groups is 2. The van der Waals surface area contributed by atoms with Crippen molar-refractivity contribution >= 4 is 11.8 Å². The Labute approximate surface area is 107 Å². The summed E-state index contributed by atoms with van der Waals surface area (Å²) in [6.45, 7) is 6.14. The van der Waals surface area contributed by atoms with Gasteiger partial charge in [-0.1, -0.05) is 18.2 Å². The standard InChI is InChI=1S/C14H18N2O2/c1-3-4-9-15-14(18)13-7-5-12(6-8-13)10-16-11(2)17/h3,5-8H,1,4,9-10H2,2H3,(H,15,18)(H,16,17). The van der Waals surface area contributed by atoms with Gasteiger partial charge in [0, 0.05) is 25.6 Å². The minimum atomic E-state index is -0.0945. The Balaban J connectivity index is 2.51. The van der Waals surface area contributed by atoms with Gasteiger partial charge in [0.25, 0.3) is 5.91 Å². The molecule has 1 aromatic carbocycles. The van der Waals surface area contributed by atoms with Crippen molar-refractivity contribution in [1.29, 1.82) is 0 Å². The van der Waals surface area contributed by atoms with Crippen LogP contribution < -0.4 is 10.6 Å². The van der Waals surface area contributed by atoms with Gasteiger partial charge in [0.2, 0.25) is 5.91 Å². The van der Waals surface area contributed by atoms with E-state index in [1.807, 2.05) is 12.1 Å². The predicted molar refractivity (Wildman–Crippen MR) is 71.1 cm³/mol. The average molecular weight is 246 g/mol. The molecule has 0 saturated carbocycles. The van der Waals surface area contributed by atoms with Crippen molar-refractivity contribution in [3.8, 4) is 0 Å². The van der Waals surface area contributed by atoms with Gasteiger partial charge in [0.15, 0.2) is 0 Å². The topological polar surface area (TPSA) is 58.2 Å². The molecule has 4 nitrogen and oxygen atoms in total. The Morgan fingerprint density at radius 1 is 1.22 bits per heavy atom. The van der Waals surface area contributed by atoms with Crippen molar-refractivity contribution in [3.63, 3.8) is 0 Å². The molecule has 1 aromatic rings. The summed E-state index contributed by atoms with van der Waals surface area (Å²) in [7, 11) is 0. The molecule has 0 fully saturated rings. The van der Waals surface area contributed by atoms with Crippen LogP contribution in [0.3, 0.4) is 0 Å². The van der Waals surface area contributed by atoms with Crippen molar-refractivity contribution < 1.29 is 9.59 Å². The lowest BCUT2D eigenvalue weighted by molar-refractivity contribution is -0.119. The van der Waals surface area contributed by atoms with Crippen molar-refractivity contribution in [2.45, 2.75) is 19.9 Å². The Bertz CT molecular complexity index is 424. The van der Waals surface area contributed by atoms with E-state index < -0.39 is 0 Å². The summed E-state index contributed by atoms with van der Waals surface area (Å²) < 4.78 is 0. The van der Waals surface area contributed by atoms with Gasteiger partial charge in [-0.15, -0.1) is 6.58 Å². The predicted octanol–water partition coefficient (Wildman–Crippen LogP) is 1.63. The van der Waals surface area contributed by atoms with Gasteiger partial charge in [-0.25, -0.2) is 0 Å². The van der Waals surface area contributed by atoms with Crippen molar-refractivity contribution in [2.24, 2.45) is 0 Å². The van der Waals surface area contributed by atoms with E-state index in [0.29, 0.717) is 18.7 Å². The largest absolute Gasteiger partial charge is 0.352 e. The fourth-order valence-corrected chi connectivity index (χ4v) is 1.39. The minimum absolute atomic E-state index is 0.0683. The zero-order valence-corrected chi connectivity index (χ0v) is 10.5. The van der Waals surface area contributed by atoms with Gasteiger partial charge < -0.3 is 10.6 Å². The van der Waals surface area contributed by atoms with Crippen LogP contribution >= 0.6 is 0 Å². The van der Waals surface area contributed by atoms with Crippen LogP contribution in [0.5, 0.6) is 0 Å². The smallest absolute Gasteiger partial charge is 0.251 e. The maximum Gasteiger partial charge on any atom is 0.251 e. The van der Waals surface area contributed by atoms with Crippen LogP contribution in [0.2, 0.25) is 0 Å². The Morgan fingerprint density at radius 3 is 2.44 bits per heavy atom. The van der Waals surface area contributed by atoms with E-state index in [1.54, 1.807) is 18.2 Å². The zero-order chi connectivity index (χ0) is 13.4. The van der Waals surface area contributed by atoms with Gasteiger partial charge in [-0.3, -0.25) is 9.59 Å². The molecular weight excluding hydrogens is 228 g/mol. The number of nitrogens with one attached hydrogen (secondary N) is 2. The summed E-state index contributed by atoms with van der Waals surface area (Å²) in [6.07, 6.45) is 2.52. The highest BCUT2D eigenvalue weighted by Crippen LogP contribution is 2.04. The highest BCUT2D eigenvalue weighted by Gasteiger charge is 2.04. The SMILES string of the molecule is C=CCCNC(=O)c1ccc(CNC(C)=O)cc1. The van der Waals surface area contributed by atoms with Crippen molar-refractivity contribution in [3.05, 3.63) is 48.0 Å². The lowest BCUT2D eigenvalue weighted by Crippen LogP contribution is -2.24. The van der Waals surface area contributed by atoms with Gasteiger partial charge in [0.05, 0.1) is 0 Å². The van der Waals surface area contributed by atoms with E-state index in [-0.39, 0.29) is 11.8 Å². The molecule has 18 heavy (non-hydrogen) atoms. The third-order valence-corrected chi connectivity index (χ3v) is 2.39. The molecule has 0 saturated heterocycles. The van der Waals surface area contributed by atoms with Crippen LogP contribution in [-0.4, -0.2) is 18.4 Å². The maximum atomic E-state index is 11.7. The number of benzene rings is 1. The highest BCUT2D eigenvalue weighted by atomic mass is 16.2. The van der Waals surface area contributed by atoms with Crippen LogP contribution in [0, 0.1) is 0 Å². The molecular formula is C14H18N2O2. The quantitative estimate of drug-likeness (QED) is 0.592. The molecule has 0 spiro atoms. The molecule has 0 aliphatic rings. The number of amides is 2. The number of hydrogen-bond donors (Lipinski definition) is 2. The van der Waals surface area contributed by atoms with Crippen LogP contribution in [0.15, 0.2) is 36.9 Å². The molecule has 0 aliphatic carbocycles. The summed E-state index contributed by atoms with van der Waals surface area (Å²) in [6, 6.07) is 7.16. The molecule has 0 radical (unpaired) electrons. The summed E-state index contributed by atoms with van der Waals surface area (Å²) in [5, 5.41) is 5.49. The molecule has 0 bridgehead atoms. The van der Waals surface area contributed by atoms with Gasteiger partial charge >= 0.3 is 0 Å². The molecule has 1 rings (SSSR count). The van der Waals surface area contributed by atoms with Gasteiger partial charge in [-0.2, -0.15) is 0 Å². The molecule has 2 N–H and O–H groups in total. The minimum Gasteiger partial charge on any atom is -0.352 e. The molecule has 0 heterocycles. The first-order valence-electron chi connectivity index (χ1n) is 5.86. The summed E-state index contributed by atoms with van der Waals surface area (Å²) in [5.74, 6) is -0.163. The summed E-state index contributed by atoms with van der Waals surface area (Å²) in [4.78, 5) is 22.4. The third kappa shape index (κ3) is 4.82. The van der Waals surface area contributed by atoms with E-state index in [4.69, 9.17) is 0 Å². The molecule has 4 heteroatoms. The molecule has 0 atom stereocenters. The third-order valence-electron chi connectivity index (χ3n) is 2.39. The van der Waals surface area contributed by atoms with E-state index in [1.165, 1.54) is 6.92 Å². The second-order valence-electron chi connectivity index (χ2n) is 3.94. The second kappa shape index (κ2) is 7.27. The number of rotatable bonds is 6. The first kappa shape index (κ1) is 14.0. The summed E-state index contributed by atoms with van der Waals surface area (Å²) >= 11 is 0. The number of carbonyl (C=O) groups excluding carboxylic acids is 2. The lowest BCUT2D eigenvalue weighted by Gasteiger charge is -2.05. The monoisotopic (exact) mass is 246 g/mol. The normalized spacial score (nSPS) is 9.61. The molecule has 2 amide bonds. The van der Waals surface area contributed by atoms with Gasteiger partial charge in [-0.05, 0) is 24.1 Å². The molecule has 0 unspecified atom stereocenters. The lowest BCUT2D eigenvalue weighted by atomic mass is 10.1. The van der Waals surface area contributed by atoms with Crippen molar-refractivity contribution in [2.75, 3.05) is 6.54 Å². The van der Waals surface area contributed by atoms with E-state index in [9.17, 15) is 9.59 Å². The Kier molecular flexibility index (Phi) is 5.64. The van der Waals surface area contributed by atoms with Gasteiger partial charge in [0.1, 0.15) is 0 Å². The Morgan fingerprint density at radius 2 is 1.89 bits per heavy atom. The van der Waals surface area contributed by atoms with Crippen molar-refractivity contribution in [1.82, 2.24) is 10.6 Å². The van der Waals surface area contributed by atoms with Crippen LogP contribution in [0.4, 0.5) is 0 Å². The first-order valence-corrected chi connectivity index (χ1v) is 5.86. The Hall–Kier alpha value is -2.10. The van der Waals surface area contributed by atoms with E-state index >= 15 is 0 Å². The van der Waals surface area contributed by atoms with E-state index in [0.717, 1.165) is 12.0 Å². The van der Waals surface area contributed by atoms with Crippen LogP contribution in [0.25, 0.3) is 0 Å². The van der Waals surface area contributed by atoms with Crippen LogP contribution in [0.1, 0.15) is 29.3 Å². The maximum absolute atomic E-state index is 11.7. The summed E-state index contributed by atoms with van der Waals surface area (Å²) in [5.41, 5.74) is 1.58. The molecule has 96 valence electrons. The highest BCUT2D eigenvalue weighted by molar-refractivity contribution is 5.94. The average Bonchev–Trinajstić information content (AvgIpc) is 2.37. The first-order chi connectivity index (χ1) is 8.63. The molecule has 0 aromatic heterocycles. The zero-order valence-electron chi connectivity index (χ0n) is 10.5. The number of hydrogen-bond acceptors (Lipinski definition) is 2. The van der Waals surface area contributed by atoms with Crippen LogP contribution in [-0.2, 0) is 11.3 Å². The molecule has 0 aliphatic heterocycles. The fourth-order valence-electron chi connectivity index (χ4n) is 1.39.